The van der Waals surface area contributed by atoms with Gasteiger partial charge in [0, 0.05) is 16.1 Å². The molecule has 0 aliphatic carbocycles. The third-order valence-electron chi connectivity index (χ3n) is 6.31. The van der Waals surface area contributed by atoms with Crippen molar-refractivity contribution in [2.75, 3.05) is 0 Å². The second-order valence-corrected chi connectivity index (χ2v) is 9.25. The molecule has 0 aliphatic heterocycles. The predicted molar refractivity (Wildman–Crippen MR) is 152 cm³/mol. The molecule has 0 saturated heterocycles. The van der Waals surface area contributed by atoms with E-state index in [4.69, 9.17) is 16.6 Å². The van der Waals surface area contributed by atoms with Gasteiger partial charge in [-0.3, -0.25) is 0 Å². The molecule has 1 aromatic heterocycles. The first-order valence-corrected chi connectivity index (χ1v) is 12.5. The number of aromatic nitrogens is 3. The highest BCUT2D eigenvalue weighted by molar-refractivity contribution is 6.30. The van der Waals surface area contributed by atoms with Crippen molar-refractivity contribution in [2.24, 2.45) is 0 Å². The lowest BCUT2D eigenvalue weighted by atomic mass is 10.0. The average molecular weight is 514 g/mol. The Balaban J connectivity index is 1.44. The van der Waals surface area contributed by atoms with Crippen molar-refractivity contribution >= 4 is 11.6 Å². The van der Waals surface area contributed by atoms with Crippen molar-refractivity contribution in [1.29, 1.82) is 0 Å². The summed E-state index contributed by atoms with van der Waals surface area (Å²) in [6, 6.07) is 40.8. The van der Waals surface area contributed by atoms with Crippen LogP contribution in [0.2, 0.25) is 5.02 Å². The fourth-order valence-corrected chi connectivity index (χ4v) is 4.47. The molecule has 38 heavy (non-hydrogen) atoms. The summed E-state index contributed by atoms with van der Waals surface area (Å²) < 4.78 is 14.9. The third kappa shape index (κ3) is 4.95. The molecule has 0 aliphatic rings. The van der Waals surface area contributed by atoms with E-state index in [0.717, 1.165) is 33.4 Å². The van der Waals surface area contributed by atoms with E-state index in [2.05, 4.69) is 34.2 Å². The summed E-state index contributed by atoms with van der Waals surface area (Å²) in [5, 5.41) is 0.314. The molecule has 5 aromatic carbocycles. The SMILES string of the molecule is Fc1cc(Cl)ccc1-c1nc(-c2ccc(-c3ccccc3)cc2)nc(-c2ccc(-c3ccccc3)cc2)n1. The minimum Gasteiger partial charge on any atom is -0.208 e. The molecule has 182 valence electrons. The molecule has 0 saturated carbocycles. The van der Waals surface area contributed by atoms with E-state index >= 15 is 0 Å². The highest BCUT2D eigenvalue weighted by atomic mass is 35.5. The molecule has 0 amide bonds. The molecular formula is C33H21ClFN3. The first kappa shape index (κ1) is 23.7. The number of benzene rings is 5. The van der Waals surface area contributed by atoms with Gasteiger partial charge in [0.05, 0.1) is 5.56 Å². The summed E-state index contributed by atoms with van der Waals surface area (Å²) in [4.78, 5) is 14.1. The largest absolute Gasteiger partial charge is 0.208 e. The van der Waals surface area contributed by atoms with Crippen LogP contribution in [0.1, 0.15) is 0 Å². The number of rotatable bonds is 5. The van der Waals surface area contributed by atoms with E-state index < -0.39 is 5.82 Å². The fraction of sp³-hybridized carbons (Fsp3) is 0. The van der Waals surface area contributed by atoms with Crippen LogP contribution >= 0.6 is 11.6 Å². The molecule has 5 heteroatoms. The zero-order valence-corrected chi connectivity index (χ0v) is 21.0. The smallest absolute Gasteiger partial charge is 0.167 e. The van der Waals surface area contributed by atoms with Crippen LogP contribution in [0.25, 0.3) is 56.4 Å². The van der Waals surface area contributed by atoms with Gasteiger partial charge in [0.25, 0.3) is 0 Å². The lowest BCUT2D eigenvalue weighted by Crippen LogP contribution is -2.01. The molecule has 1 heterocycles. The molecule has 0 fully saturated rings. The van der Waals surface area contributed by atoms with Crippen LogP contribution in [-0.2, 0) is 0 Å². The monoisotopic (exact) mass is 513 g/mol. The van der Waals surface area contributed by atoms with Gasteiger partial charge in [-0.15, -0.1) is 0 Å². The molecular weight excluding hydrogens is 493 g/mol. The average Bonchev–Trinajstić information content (AvgIpc) is 2.98. The van der Waals surface area contributed by atoms with Crippen molar-refractivity contribution in [2.45, 2.75) is 0 Å². The minimum absolute atomic E-state index is 0.249. The Morgan fingerprint density at radius 2 is 0.816 bits per heavy atom. The Hall–Kier alpha value is -4.67. The van der Waals surface area contributed by atoms with E-state index in [1.54, 1.807) is 12.1 Å². The second kappa shape index (κ2) is 10.4. The lowest BCUT2D eigenvalue weighted by Gasteiger charge is -2.10. The van der Waals surface area contributed by atoms with E-state index in [-0.39, 0.29) is 11.4 Å². The molecule has 0 N–H and O–H groups in total. The highest BCUT2D eigenvalue weighted by Crippen LogP contribution is 2.30. The zero-order valence-electron chi connectivity index (χ0n) is 20.2. The topological polar surface area (TPSA) is 38.7 Å². The van der Waals surface area contributed by atoms with Gasteiger partial charge in [0.1, 0.15) is 5.82 Å². The van der Waals surface area contributed by atoms with Gasteiger partial charge in [-0.2, -0.15) is 0 Å². The summed E-state index contributed by atoms with van der Waals surface area (Å²) in [7, 11) is 0. The Morgan fingerprint density at radius 3 is 1.26 bits per heavy atom. The first-order valence-electron chi connectivity index (χ1n) is 12.2. The molecule has 6 aromatic rings. The normalized spacial score (nSPS) is 10.9. The van der Waals surface area contributed by atoms with E-state index in [1.807, 2.05) is 84.9 Å². The van der Waals surface area contributed by atoms with Crippen molar-refractivity contribution < 1.29 is 4.39 Å². The number of halogens is 2. The van der Waals surface area contributed by atoms with Crippen LogP contribution in [0, 0.1) is 5.82 Å². The Bertz CT molecular complexity index is 1600. The van der Waals surface area contributed by atoms with Crippen molar-refractivity contribution in [3.8, 4) is 56.4 Å². The fourth-order valence-electron chi connectivity index (χ4n) is 4.31. The summed E-state index contributed by atoms with van der Waals surface area (Å²) >= 11 is 6.00. The highest BCUT2D eigenvalue weighted by Gasteiger charge is 2.15. The van der Waals surface area contributed by atoms with E-state index in [0.29, 0.717) is 16.7 Å². The maximum absolute atomic E-state index is 14.9. The Morgan fingerprint density at radius 1 is 0.421 bits per heavy atom. The predicted octanol–water partition coefficient (Wildman–Crippen LogP) is 9.00. The summed E-state index contributed by atoms with van der Waals surface area (Å²) in [6.45, 7) is 0. The summed E-state index contributed by atoms with van der Waals surface area (Å²) in [6.07, 6.45) is 0. The number of hydrogen-bond acceptors (Lipinski definition) is 3. The van der Waals surface area contributed by atoms with Crippen LogP contribution in [-0.4, -0.2) is 15.0 Å². The van der Waals surface area contributed by atoms with Gasteiger partial charge < -0.3 is 0 Å². The molecule has 0 radical (unpaired) electrons. The Kier molecular flexibility index (Phi) is 6.47. The van der Waals surface area contributed by atoms with Crippen molar-refractivity contribution in [3.05, 3.63) is 138 Å². The van der Waals surface area contributed by atoms with Gasteiger partial charge in [-0.1, -0.05) is 121 Å². The maximum atomic E-state index is 14.9. The van der Waals surface area contributed by atoms with E-state index in [9.17, 15) is 4.39 Å². The molecule has 3 nitrogen and oxygen atoms in total. The standard InChI is InChI=1S/C33H21ClFN3/c34-28-19-20-29(30(35)21-28)33-37-31(26-15-11-24(12-16-26)22-7-3-1-4-8-22)36-32(38-33)27-17-13-25(14-18-27)23-9-5-2-6-10-23/h1-21H. The van der Waals surface area contributed by atoms with Gasteiger partial charge >= 0.3 is 0 Å². The molecule has 0 unspecified atom stereocenters. The van der Waals surface area contributed by atoms with Crippen LogP contribution in [0.3, 0.4) is 0 Å². The van der Waals surface area contributed by atoms with Gasteiger partial charge in [-0.05, 0) is 40.5 Å². The van der Waals surface area contributed by atoms with Crippen LogP contribution in [0.4, 0.5) is 4.39 Å². The summed E-state index contributed by atoms with van der Waals surface area (Å²) in [5.74, 6) is 0.690. The Labute approximate surface area is 225 Å². The molecule has 0 spiro atoms. The maximum Gasteiger partial charge on any atom is 0.167 e. The quantitative estimate of drug-likeness (QED) is 0.231. The first-order chi connectivity index (χ1) is 18.6. The zero-order chi connectivity index (χ0) is 25.9. The molecule has 6 rings (SSSR count). The van der Waals surface area contributed by atoms with Crippen LogP contribution in [0.15, 0.2) is 127 Å². The lowest BCUT2D eigenvalue weighted by molar-refractivity contribution is 0.630. The van der Waals surface area contributed by atoms with Crippen molar-refractivity contribution in [3.63, 3.8) is 0 Å². The van der Waals surface area contributed by atoms with Crippen molar-refractivity contribution in [1.82, 2.24) is 15.0 Å². The third-order valence-corrected chi connectivity index (χ3v) is 6.54. The number of hydrogen-bond donors (Lipinski definition) is 0. The minimum atomic E-state index is -0.487. The summed E-state index contributed by atoms with van der Waals surface area (Å²) in [5.41, 5.74) is 6.31. The van der Waals surface area contributed by atoms with E-state index in [1.165, 1.54) is 6.07 Å². The van der Waals surface area contributed by atoms with Gasteiger partial charge in [-0.25, -0.2) is 19.3 Å². The van der Waals surface area contributed by atoms with Crippen LogP contribution in [0.5, 0.6) is 0 Å². The van der Waals surface area contributed by atoms with Gasteiger partial charge in [0.15, 0.2) is 17.5 Å². The molecule has 0 bridgehead atoms. The van der Waals surface area contributed by atoms with Crippen LogP contribution < -0.4 is 0 Å². The number of nitrogens with zero attached hydrogens (tertiary/aromatic N) is 3. The molecule has 0 atom stereocenters. The van der Waals surface area contributed by atoms with Gasteiger partial charge in [0.2, 0.25) is 0 Å². The second-order valence-electron chi connectivity index (χ2n) is 8.82.